The summed E-state index contributed by atoms with van der Waals surface area (Å²) in [6.07, 6.45) is 3.19. The number of halogens is 1. The fourth-order valence-corrected chi connectivity index (χ4v) is 2.62. The molecule has 1 aliphatic carbocycles. The standard InChI is InChI=1S/C13H14ClN/c1-10(13(9-15)7-4-8-13)11-5-2-3-6-12(11)14/h2-3,5-6,10H,4,7-8H2,1H3. The number of hydrogen-bond acceptors (Lipinski definition) is 1. The highest BCUT2D eigenvalue weighted by Gasteiger charge is 2.43. The minimum absolute atomic E-state index is 0.162. The molecular formula is C13H14ClN. The summed E-state index contributed by atoms with van der Waals surface area (Å²) in [5.41, 5.74) is 0.950. The van der Waals surface area contributed by atoms with Crippen molar-refractivity contribution < 1.29 is 0 Å². The molecule has 0 bridgehead atoms. The molecule has 1 aromatic rings. The average molecular weight is 220 g/mol. The van der Waals surface area contributed by atoms with Gasteiger partial charge in [0.05, 0.1) is 11.5 Å². The summed E-state index contributed by atoms with van der Waals surface area (Å²) in [6.45, 7) is 2.11. The van der Waals surface area contributed by atoms with E-state index in [1.165, 1.54) is 6.42 Å². The van der Waals surface area contributed by atoms with Crippen LogP contribution in [0.4, 0.5) is 0 Å². The summed E-state index contributed by atoms with van der Waals surface area (Å²) >= 11 is 6.15. The minimum atomic E-state index is -0.162. The summed E-state index contributed by atoms with van der Waals surface area (Å²) in [5, 5.41) is 10.0. The van der Waals surface area contributed by atoms with Crippen molar-refractivity contribution in [2.75, 3.05) is 0 Å². The molecule has 78 valence electrons. The van der Waals surface area contributed by atoms with E-state index < -0.39 is 0 Å². The predicted octanol–water partition coefficient (Wildman–Crippen LogP) is 4.14. The Balaban J connectivity index is 2.32. The smallest absolute Gasteiger partial charge is 0.0696 e. The second-order valence-corrected chi connectivity index (χ2v) is 4.77. The number of nitriles is 1. The van der Waals surface area contributed by atoms with Gasteiger partial charge in [-0.25, -0.2) is 0 Å². The van der Waals surface area contributed by atoms with Crippen LogP contribution in [0.15, 0.2) is 24.3 Å². The first-order valence-electron chi connectivity index (χ1n) is 5.35. The van der Waals surface area contributed by atoms with Crippen LogP contribution in [0.25, 0.3) is 0 Å². The Morgan fingerprint density at radius 3 is 2.53 bits per heavy atom. The Hall–Kier alpha value is -1.00. The van der Waals surface area contributed by atoms with Crippen LogP contribution in [0.1, 0.15) is 37.7 Å². The molecule has 0 heterocycles. The molecule has 0 N–H and O–H groups in total. The molecule has 1 unspecified atom stereocenters. The first-order valence-corrected chi connectivity index (χ1v) is 5.73. The Morgan fingerprint density at radius 1 is 1.40 bits per heavy atom. The van der Waals surface area contributed by atoms with Gasteiger partial charge in [0, 0.05) is 10.9 Å². The van der Waals surface area contributed by atoms with Crippen molar-refractivity contribution in [3.63, 3.8) is 0 Å². The topological polar surface area (TPSA) is 23.8 Å². The Bertz CT molecular complexity index is 401. The molecule has 0 radical (unpaired) electrons. The number of benzene rings is 1. The third kappa shape index (κ3) is 1.64. The van der Waals surface area contributed by atoms with E-state index in [1.54, 1.807) is 0 Å². The molecule has 0 spiro atoms. The van der Waals surface area contributed by atoms with Crippen LogP contribution < -0.4 is 0 Å². The van der Waals surface area contributed by atoms with Gasteiger partial charge >= 0.3 is 0 Å². The fourth-order valence-electron chi connectivity index (χ4n) is 2.32. The molecule has 0 aliphatic heterocycles. The molecule has 1 saturated carbocycles. The van der Waals surface area contributed by atoms with Gasteiger partial charge in [0.25, 0.3) is 0 Å². The molecule has 1 aliphatic rings. The van der Waals surface area contributed by atoms with Gasteiger partial charge in [-0.15, -0.1) is 0 Å². The molecule has 0 saturated heterocycles. The minimum Gasteiger partial charge on any atom is -0.198 e. The van der Waals surface area contributed by atoms with Gasteiger partial charge in [0.1, 0.15) is 0 Å². The fraction of sp³-hybridized carbons (Fsp3) is 0.462. The average Bonchev–Trinajstić information content (AvgIpc) is 2.17. The molecule has 1 nitrogen and oxygen atoms in total. The summed E-state index contributed by atoms with van der Waals surface area (Å²) in [6, 6.07) is 10.3. The second-order valence-electron chi connectivity index (χ2n) is 4.36. The van der Waals surface area contributed by atoms with E-state index in [0.717, 1.165) is 23.4 Å². The predicted molar refractivity (Wildman–Crippen MR) is 61.8 cm³/mol. The van der Waals surface area contributed by atoms with Crippen LogP contribution in [0.3, 0.4) is 0 Å². The summed E-state index contributed by atoms with van der Waals surface area (Å²) < 4.78 is 0. The van der Waals surface area contributed by atoms with Crippen molar-refractivity contribution >= 4 is 11.6 Å². The van der Waals surface area contributed by atoms with E-state index >= 15 is 0 Å². The van der Waals surface area contributed by atoms with E-state index in [1.807, 2.05) is 24.3 Å². The lowest BCUT2D eigenvalue weighted by atomic mass is 9.61. The summed E-state index contributed by atoms with van der Waals surface area (Å²) in [4.78, 5) is 0. The van der Waals surface area contributed by atoms with Gasteiger partial charge in [0.2, 0.25) is 0 Å². The second kappa shape index (κ2) is 3.87. The summed E-state index contributed by atoms with van der Waals surface area (Å²) in [7, 11) is 0. The van der Waals surface area contributed by atoms with Gasteiger partial charge in [-0.3, -0.25) is 0 Å². The highest BCUT2D eigenvalue weighted by atomic mass is 35.5. The molecule has 0 amide bonds. The van der Waals surface area contributed by atoms with E-state index in [9.17, 15) is 5.26 Å². The van der Waals surface area contributed by atoms with Crippen molar-refractivity contribution in [1.29, 1.82) is 5.26 Å². The molecule has 0 aromatic heterocycles. The Labute approximate surface area is 95.7 Å². The molecule has 1 atom stereocenters. The van der Waals surface area contributed by atoms with E-state index in [0.29, 0.717) is 0 Å². The first-order chi connectivity index (χ1) is 7.19. The van der Waals surface area contributed by atoms with E-state index in [4.69, 9.17) is 11.6 Å². The highest BCUT2D eigenvalue weighted by molar-refractivity contribution is 6.31. The lowest BCUT2D eigenvalue weighted by Crippen LogP contribution is -2.33. The van der Waals surface area contributed by atoms with Crippen LogP contribution in [0.5, 0.6) is 0 Å². The number of hydrogen-bond donors (Lipinski definition) is 0. The SMILES string of the molecule is CC(c1ccccc1Cl)C1(C#N)CCC1. The lowest BCUT2D eigenvalue weighted by Gasteiger charge is -2.41. The molecule has 1 fully saturated rings. The maximum atomic E-state index is 9.27. The van der Waals surface area contributed by atoms with Gasteiger partial charge in [-0.2, -0.15) is 5.26 Å². The third-order valence-electron chi connectivity index (χ3n) is 3.67. The van der Waals surface area contributed by atoms with Crippen molar-refractivity contribution in [1.82, 2.24) is 0 Å². The quantitative estimate of drug-likeness (QED) is 0.734. The monoisotopic (exact) mass is 219 g/mol. The van der Waals surface area contributed by atoms with Crippen LogP contribution in [0.2, 0.25) is 5.02 Å². The number of rotatable bonds is 2. The molecule has 2 rings (SSSR count). The summed E-state index contributed by atoms with van der Waals surface area (Å²) in [5.74, 6) is 0.241. The first kappa shape index (κ1) is 10.5. The van der Waals surface area contributed by atoms with Crippen molar-refractivity contribution in [3.05, 3.63) is 34.9 Å². The van der Waals surface area contributed by atoms with Crippen molar-refractivity contribution in [2.45, 2.75) is 32.1 Å². The lowest BCUT2D eigenvalue weighted by molar-refractivity contribution is 0.175. The molecular weight excluding hydrogens is 206 g/mol. The zero-order chi connectivity index (χ0) is 10.9. The van der Waals surface area contributed by atoms with Gasteiger partial charge < -0.3 is 0 Å². The van der Waals surface area contributed by atoms with E-state index in [2.05, 4.69) is 13.0 Å². The van der Waals surface area contributed by atoms with Crippen LogP contribution in [0, 0.1) is 16.7 Å². The Morgan fingerprint density at radius 2 is 2.07 bits per heavy atom. The molecule has 1 aromatic carbocycles. The van der Waals surface area contributed by atoms with Crippen molar-refractivity contribution in [2.24, 2.45) is 5.41 Å². The zero-order valence-electron chi connectivity index (χ0n) is 8.83. The third-order valence-corrected chi connectivity index (χ3v) is 4.01. The van der Waals surface area contributed by atoms with Crippen molar-refractivity contribution in [3.8, 4) is 6.07 Å². The van der Waals surface area contributed by atoms with E-state index in [-0.39, 0.29) is 11.3 Å². The molecule has 15 heavy (non-hydrogen) atoms. The van der Waals surface area contributed by atoms with Crippen LogP contribution in [-0.2, 0) is 0 Å². The normalized spacial score (nSPS) is 20.1. The van der Waals surface area contributed by atoms with Crippen LogP contribution in [-0.4, -0.2) is 0 Å². The zero-order valence-corrected chi connectivity index (χ0v) is 9.59. The maximum Gasteiger partial charge on any atom is 0.0696 e. The Kier molecular flexibility index (Phi) is 2.71. The maximum absolute atomic E-state index is 9.27. The largest absolute Gasteiger partial charge is 0.198 e. The molecule has 2 heteroatoms. The number of nitrogens with zero attached hydrogens (tertiary/aromatic N) is 1. The van der Waals surface area contributed by atoms with Gasteiger partial charge in [-0.05, 0) is 24.5 Å². The van der Waals surface area contributed by atoms with Gasteiger partial charge in [-0.1, -0.05) is 43.1 Å². The van der Waals surface area contributed by atoms with Gasteiger partial charge in [0.15, 0.2) is 0 Å². The highest BCUT2D eigenvalue weighted by Crippen LogP contribution is 2.51. The van der Waals surface area contributed by atoms with Crippen LogP contribution >= 0.6 is 11.6 Å².